The van der Waals surface area contributed by atoms with Crippen molar-refractivity contribution in [2.24, 2.45) is 0 Å². The Hall–Kier alpha value is -0.790. The van der Waals surface area contributed by atoms with Crippen LogP contribution in [-0.2, 0) is 0 Å². The van der Waals surface area contributed by atoms with Crippen LogP contribution in [0.25, 0.3) is 0 Å². The van der Waals surface area contributed by atoms with Gasteiger partial charge >= 0.3 is 2.85 Å². The summed E-state index contributed by atoms with van der Waals surface area (Å²) >= 11 is 0. The highest BCUT2D eigenvalue weighted by Crippen LogP contribution is 1.72. The highest BCUT2D eigenvalue weighted by Gasteiger charge is 1.59. The van der Waals surface area contributed by atoms with E-state index in [4.69, 9.17) is 0 Å². The predicted molar refractivity (Wildman–Crippen MR) is 18.7 cm³/mol. The minimum absolute atomic E-state index is 0. The van der Waals surface area contributed by atoms with Crippen molar-refractivity contribution >= 4 is 0 Å². The first-order valence-electron chi connectivity index (χ1n) is 1.32. The van der Waals surface area contributed by atoms with Crippen LogP contribution in [0.15, 0.2) is 23.3 Å². The Labute approximate surface area is 32.4 Å². The maximum absolute atomic E-state index is 4.47. The van der Waals surface area contributed by atoms with Gasteiger partial charge in [0.2, 0.25) is 0 Å². The highest BCUT2D eigenvalue weighted by molar-refractivity contribution is 4.56. The van der Waals surface area contributed by atoms with Crippen LogP contribution in [0.1, 0.15) is 2.85 Å². The van der Waals surface area contributed by atoms with Gasteiger partial charge < -0.3 is 4.42 Å². The Kier molecular flexibility index (Phi) is 0.433. The Balaban J connectivity index is 0. The lowest BCUT2D eigenvalue weighted by Crippen LogP contribution is -1.38. The molecule has 2 nitrogen and oxygen atoms in total. The van der Waals surface area contributed by atoms with Crippen molar-refractivity contribution in [1.29, 1.82) is 0 Å². The van der Waals surface area contributed by atoms with E-state index in [0.29, 0.717) is 0 Å². The third kappa shape index (κ3) is 0.265. The lowest BCUT2D eigenvalue weighted by Gasteiger charge is -1.47. The first kappa shape index (κ1) is 2.45. The van der Waals surface area contributed by atoms with Gasteiger partial charge in [-0.1, -0.05) is 0 Å². The normalized spacial score (nSPS) is 8.00. The van der Waals surface area contributed by atoms with Crippen molar-refractivity contribution < 1.29 is 7.27 Å². The molecule has 0 aromatic carbocycles. The van der Waals surface area contributed by atoms with Gasteiger partial charge in [-0.05, 0) is 0 Å². The zero-order chi connectivity index (χ0) is 3.54. The van der Waals surface area contributed by atoms with E-state index < -0.39 is 0 Å². The SMILES string of the molecule is [H+].[H+].c1cocn1. The average Bonchev–Trinajstić information content (AvgIpc) is 1.76. The van der Waals surface area contributed by atoms with Crippen molar-refractivity contribution in [3.8, 4) is 0 Å². The molecule has 0 aliphatic rings. The number of rotatable bonds is 0. The van der Waals surface area contributed by atoms with Gasteiger partial charge in [-0.25, -0.2) is 4.98 Å². The largest absolute Gasteiger partial charge is 1.00 e. The quantitative estimate of drug-likeness (QED) is 0.454. The summed E-state index contributed by atoms with van der Waals surface area (Å²) in [6.45, 7) is 0. The fraction of sp³-hybridized carbons (Fsp3) is 0. The summed E-state index contributed by atoms with van der Waals surface area (Å²) < 4.78 is 4.47. The van der Waals surface area contributed by atoms with Crippen LogP contribution in [0.2, 0.25) is 0 Å². The van der Waals surface area contributed by atoms with E-state index in [9.17, 15) is 0 Å². The minimum atomic E-state index is 0. The van der Waals surface area contributed by atoms with Gasteiger partial charge in [0.15, 0.2) is 6.39 Å². The molecular formula is C3H5NO+2. The molecule has 0 aliphatic carbocycles. The van der Waals surface area contributed by atoms with Crippen LogP contribution in [0.5, 0.6) is 0 Å². The maximum atomic E-state index is 4.47. The van der Waals surface area contributed by atoms with Crippen LogP contribution in [0.4, 0.5) is 0 Å². The summed E-state index contributed by atoms with van der Waals surface area (Å²) in [6.07, 6.45) is 4.47. The second kappa shape index (κ2) is 0.885. The molecule has 0 fully saturated rings. The smallest absolute Gasteiger partial charge is 0.452 e. The molecule has 0 saturated carbocycles. The van der Waals surface area contributed by atoms with Crippen LogP contribution in [0.3, 0.4) is 0 Å². The lowest BCUT2D eigenvalue weighted by atomic mass is 11.0. The van der Waals surface area contributed by atoms with Gasteiger partial charge in [-0.2, -0.15) is 0 Å². The number of aromatic nitrogens is 1. The molecule has 0 spiro atoms. The van der Waals surface area contributed by atoms with E-state index >= 15 is 0 Å². The molecular weight excluding hydrogens is 66.0 g/mol. The van der Waals surface area contributed by atoms with Crippen molar-refractivity contribution in [2.45, 2.75) is 0 Å². The summed E-state index contributed by atoms with van der Waals surface area (Å²) in [6, 6.07) is 0. The molecule has 1 heterocycles. The standard InChI is InChI=1S/C3H3NO/c1-2-5-3-4-1/h1-3H/p+2. The Morgan fingerprint density at radius 1 is 1.80 bits per heavy atom. The highest BCUT2D eigenvalue weighted by atomic mass is 16.3. The molecule has 0 bridgehead atoms. The van der Waals surface area contributed by atoms with Gasteiger partial charge in [0.25, 0.3) is 0 Å². The minimum Gasteiger partial charge on any atom is -0.452 e. The monoisotopic (exact) mass is 71.0 g/mol. The number of nitrogens with zero attached hydrogens (tertiary/aromatic N) is 1. The molecule has 1 aromatic rings. The zero-order valence-corrected chi connectivity index (χ0v) is 2.59. The Morgan fingerprint density at radius 3 is 3.00 bits per heavy atom. The molecule has 0 unspecified atom stereocenters. The van der Waals surface area contributed by atoms with Crippen molar-refractivity contribution in [3.05, 3.63) is 18.9 Å². The Bertz CT molecular complexity index is 69.4. The van der Waals surface area contributed by atoms with Crippen LogP contribution in [-0.4, -0.2) is 4.98 Å². The molecule has 0 N–H and O–H groups in total. The van der Waals surface area contributed by atoms with Gasteiger partial charge in [0.1, 0.15) is 6.26 Å². The number of oxazole rings is 1. The molecule has 0 radical (unpaired) electrons. The van der Waals surface area contributed by atoms with E-state index in [2.05, 4.69) is 9.40 Å². The van der Waals surface area contributed by atoms with E-state index in [1.165, 1.54) is 12.7 Å². The molecule has 1 aromatic heterocycles. The van der Waals surface area contributed by atoms with Gasteiger partial charge in [0, 0.05) is 0 Å². The fourth-order valence-electron chi connectivity index (χ4n) is 0.176. The fourth-order valence-corrected chi connectivity index (χ4v) is 0.176. The molecule has 0 atom stereocenters. The third-order valence-electron chi connectivity index (χ3n) is 0.347. The first-order chi connectivity index (χ1) is 2.50. The van der Waals surface area contributed by atoms with Crippen LogP contribution in [0, 0.1) is 0 Å². The second-order valence-electron chi connectivity index (χ2n) is 0.676. The van der Waals surface area contributed by atoms with Crippen LogP contribution < -0.4 is 0 Å². The molecule has 2 heteroatoms. The van der Waals surface area contributed by atoms with Gasteiger partial charge in [0.05, 0.1) is 6.20 Å². The lowest BCUT2D eigenvalue weighted by molar-refractivity contribution is 0.558. The molecule has 26 valence electrons. The molecule has 5 heavy (non-hydrogen) atoms. The van der Waals surface area contributed by atoms with Crippen molar-refractivity contribution in [1.82, 2.24) is 4.98 Å². The summed E-state index contributed by atoms with van der Waals surface area (Å²) in [7, 11) is 0. The predicted octanol–water partition coefficient (Wildman–Crippen LogP) is 0.900. The zero-order valence-electron chi connectivity index (χ0n) is 4.59. The number of hydrogen-bond donors (Lipinski definition) is 0. The summed E-state index contributed by atoms with van der Waals surface area (Å²) in [5.41, 5.74) is 0. The van der Waals surface area contributed by atoms with E-state index in [1.54, 1.807) is 6.20 Å². The van der Waals surface area contributed by atoms with E-state index in [0.717, 1.165) is 0 Å². The molecule has 0 saturated heterocycles. The van der Waals surface area contributed by atoms with Gasteiger partial charge in [-0.3, -0.25) is 0 Å². The summed E-state index contributed by atoms with van der Waals surface area (Å²) in [5, 5.41) is 0. The maximum Gasteiger partial charge on any atom is 1.00 e. The third-order valence-corrected chi connectivity index (χ3v) is 0.347. The summed E-state index contributed by atoms with van der Waals surface area (Å²) in [4.78, 5) is 3.56. The van der Waals surface area contributed by atoms with Crippen molar-refractivity contribution in [2.75, 3.05) is 0 Å². The average molecular weight is 71.1 g/mol. The second-order valence-corrected chi connectivity index (χ2v) is 0.676. The molecule has 0 aliphatic heterocycles. The summed E-state index contributed by atoms with van der Waals surface area (Å²) in [5.74, 6) is 0. The van der Waals surface area contributed by atoms with E-state index in [-0.39, 0.29) is 2.85 Å². The topological polar surface area (TPSA) is 26.0 Å². The first-order valence-corrected chi connectivity index (χ1v) is 1.32. The van der Waals surface area contributed by atoms with E-state index in [1.807, 2.05) is 0 Å². The molecule has 0 amide bonds. The number of hydrogen-bond acceptors (Lipinski definition) is 2. The van der Waals surface area contributed by atoms with Crippen molar-refractivity contribution in [3.63, 3.8) is 0 Å². The van der Waals surface area contributed by atoms with Gasteiger partial charge in [-0.15, -0.1) is 0 Å². The van der Waals surface area contributed by atoms with Crippen LogP contribution >= 0.6 is 0 Å². The Morgan fingerprint density at radius 2 is 2.80 bits per heavy atom. The molecule has 1 rings (SSSR count).